The number of β-lactam (4-membered cyclic amide) rings is 1. The van der Waals surface area contributed by atoms with Crippen molar-refractivity contribution in [2.45, 2.75) is 17.5 Å². The fourth-order valence-electron chi connectivity index (χ4n) is 3.97. The number of hydrogen-bond acceptors (Lipinski definition) is 8. The van der Waals surface area contributed by atoms with Crippen molar-refractivity contribution in [3.05, 3.63) is 76.3 Å². The zero-order chi connectivity index (χ0) is 26.7. The zero-order valence-corrected chi connectivity index (χ0v) is 21.6. The molecule has 0 spiro atoms. The lowest BCUT2D eigenvalue weighted by molar-refractivity contribution is -0.163. The van der Waals surface area contributed by atoms with Gasteiger partial charge in [0, 0.05) is 15.8 Å². The largest absolute Gasteiger partial charge is 0.482 e. The molecule has 190 valence electrons. The predicted octanol–water partition coefficient (Wildman–Crippen LogP) is 1.47. The molecular weight excluding hydrogens is 566 g/mol. The fourth-order valence-corrected chi connectivity index (χ4v) is 5.90. The molecule has 2 fully saturated rings. The van der Waals surface area contributed by atoms with Gasteiger partial charge in [-0.15, -0.1) is 0 Å². The van der Waals surface area contributed by atoms with Crippen molar-refractivity contribution in [2.75, 3.05) is 19.0 Å². The van der Waals surface area contributed by atoms with Crippen LogP contribution in [0, 0.1) is 11.3 Å². The Kier molecular flexibility index (Phi) is 7.85. The summed E-state index contributed by atoms with van der Waals surface area (Å²) < 4.78 is 24.1. The van der Waals surface area contributed by atoms with Crippen molar-refractivity contribution in [1.82, 2.24) is 10.2 Å². The second-order valence-corrected chi connectivity index (χ2v) is 10.7. The van der Waals surface area contributed by atoms with E-state index in [-0.39, 0.29) is 22.6 Å². The lowest BCUT2D eigenvalue weighted by Gasteiger charge is -2.52. The Morgan fingerprint density at radius 3 is 2.57 bits per heavy atom. The second-order valence-electron chi connectivity index (χ2n) is 8.20. The molecule has 2 aromatic carbocycles. The molecule has 2 aromatic rings. The van der Waals surface area contributed by atoms with Crippen LogP contribution in [-0.4, -0.2) is 69.1 Å². The summed E-state index contributed by atoms with van der Waals surface area (Å²) in [7, 11) is -1.62. The first kappa shape index (κ1) is 26.2. The van der Waals surface area contributed by atoms with Gasteiger partial charge in [0.25, 0.3) is 5.91 Å². The van der Waals surface area contributed by atoms with E-state index in [1.165, 1.54) is 12.1 Å². The van der Waals surface area contributed by atoms with Crippen molar-refractivity contribution in [3.8, 4) is 11.8 Å². The molecule has 4 atom stereocenters. The van der Waals surface area contributed by atoms with E-state index < -0.39 is 65.0 Å². The van der Waals surface area contributed by atoms with E-state index in [9.17, 15) is 23.4 Å². The van der Waals surface area contributed by atoms with E-state index in [0.29, 0.717) is 5.56 Å². The van der Waals surface area contributed by atoms with Gasteiger partial charge in [0.05, 0.1) is 16.4 Å². The fraction of sp³-hybridized carbons (Fsp3) is 0.240. The monoisotopic (exact) mass is 585 g/mol. The van der Waals surface area contributed by atoms with Crippen molar-refractivity contribution in [3.63, 3.8) is 0 Å². The summed E-state index contributed by atoms with van der Waals surface area (Å²) in [5, 5.41) is 10.6. The lowest BCUT2D eigenvalue weighted by atomic mass is 9.98. The van der Waals surface area contributed by atoms with Gasteiger partial charge >= 0.3 is 5.97 Å². The quantitative estimate of drug-likeness (QED) is 0.212. The Labute approximate surface area is 222 Å². The summed E-state index contributed by atoms with van der Waals surface area (Å²) in [5.41, 5.74) is 0.804. The molecule has 2 saturated heterocycles. The van der Waals surface area contributed by atoms with Crippen LogP contribution in [0.25, 0.3) is 0 Å². The molecule has 0 saturated carbocycles. The molecule has 2 aliphatic rings. The molecule has 2 heterocycles. The minimum atomic E-state index is -1.62. The molecule has 10 nitrogen and oxygen atoms in total. The highest BCUT2D eigenvalue weighted by Gasteiger charge is 2.59. The first-order valence-electron chi connectivity index (χ1n) is 10.9. The minimum absolute atomic E-state index is 0.0761. The maximum Gasteiger partial charge on any atom is 0.333 e. The van der Waals surface area contributed by atoms with Gasteiger partial charge in [-0.2, -0.15) is 5.26 Å². The van der Waals surface area contributed by atoms with Crippen molar-refractivity contribution >= 4 is 50.3 Å². The van der Waals surface area contributed by atoms with Crippen LogP contribution in [0.3, 0.4) is 0 Å². The third-order valence-corrected chi connectivity index (χ3v) is 7.98. The lowest BCUT2D eigenvalue weighted by Crippen LogP contribution is -2.77. The normalized spacial score (nSPS) is 22.2. The van der Waals surface area contributed by atoms with Crippen LogP contribution in [0.1, 0.15) is 15.9 Å². The summed E-state index contributed by atoms with van der Waals surface area (Å²) >= 11 is 3.28. The number of Topliss-reactive ketones (excluding diaryl/α,β-unsaturated/α-hetero) is 1. The maximum absolute atomic E-state index is 12.9. The average molecular weight is 586 g/mol. The number of benzene rings is 2. The predicted molar refractivity (Wildman–Crippen MR) is 135 cm³/mol. The Morgan fingerprint density at radius 2 is 1.86 bits per heavy atom. The molecule has 37 heavy (non-hydrogen) atoms. The van der Waals surface area contributed by atoms with Crippen LogP contribution in [0.2, 0.25) is 0 Å². The number of nitrogens with zero attached hydrogens (tertiary/aromatic N) is 2. The van der Waals surface area contributed by atoms with Gasteiger partial charge < -0.3 is 19.7 Å². The van der Waals surface area contributed by atoms with Crippen molar-refractivity contribution in [2.24, 2.45) is 0 Å². The van der Waals surface area contributed by atoms with Gasteiger partial charge in [-0.3, -0.25) is 18.6 Å². The van der Waals surface area contributed by atoms with Gasteiger partial charge in [-0.25, -0.2) is 4.79 Å². The number of esters is 1. The van der Waals surface area contributed by atoms with E-state index in [4.69, 9.17) is 14.7 Å². The molecular formula is C25H20BrN3O7S. The van der Waals surface area contributed by atoms with Crippen LogP contribution >= 0.6 is 15.9 Å². The number of hydrogen-bond donors (Lipinski definition) is 1. The van der Waals surface area contributed by atoms with E-state index in [1.807, 2.05) is 6.07 Å². The first-order chi connectivity index (χ1) is 17.7. The highest BCUT2D eigenvalue weighted by atomic mass is 79.9. The van der Waals surface area contributed by atoms with Crippen LogP contribution in [0.4, 0.5) is 0 Å². The Balaban J connectivity index is 1.37. The number of rotatable bonds is 8. The highest BCUT2D eigenvalue weighted by molar-refractivity contribution is 9.10. The molecule has 2 amide bonds. The van der Waals surface area contributed by atoms with E-state index >= 15 is 0 Å². The van der Waals surface area contributed by atoms with Gasteiger partial charge in [0.15, 0.2) is 25.0 Å². The van der Waals surface area contributed by atoms with Crippen molar-refractivity contribution < 1.29 is 32.9 Å². The highest BCUT2D eigenvalue weighted by Crippen LogP contribution is 2.34. The van der Waals surface area contributed by atoms with Crippen molar-refractivity contribution in [1.29, 1.82) is 5.26 Å². The van der Waals surface area contributed by atoms with Crippen LogP contribution < -0.4 is 10.1 Å². The van der Waals surface area contributed by atoms with Gasteiger partial charge in [-0.05, 0) is 29.8 Å². The molecule has 4 rings (SSSR count). The molecule has 0 aromatic heterocycles. The molecule has 3 unspecified atom stereocenters. The third-order valence-electron chi connectivity index (χ3n) is 5.76. The number of halogens is 1. The number of ketones is 1. The first-order valence-corrected chi connectivity index (χ1v) is 13.1. The van der Waals surface area contributed by atoms with E-state index in [0.717, 1.165) is 9.37 Å². The third kappa shape index (κ3) is 5.47. The molecule has 0 radical (unpaired) electrons. The Hall–Kier alpha value is -3.82. The molecule has 12 heteroatoms. The summed E-state index contributed by atoms with van der Waals surface area (Å²) in [5.74, 6) is -2.46. The van der Waals surface area contributed by atoms with Crippen LogP contribution in [0.15, 0.2) is 65.2 Å². The SMILES string of the molecule is C=C1CS(=O)[C@H]2C(NC(=O)COc3ccccc3C#N)C(=O)N2C1C(=O)OCC(=O)c1ccc(Br)cc1. The smallest absolute Gasteiger partial charge is 0.333 e. The average Bonchev–Trinajstić information content (AvgIpc) is 2.89. The number of para-hydroxylation sites is 1. The number of fused-ring (bicyclic) bond motifs is 1. The summed E-state index contributed by atoms with van der Waals surface area (Å²) in [6.07, 6.45) is 0. The summed E-state index contributed by atoms with van der Waals surface area (Å²) in [4.78, 5) is 51.5. The number of nitriles is 1. The number of carbonyl (C=O) groups is 4. The Morgan fingerprint density at radius 1 is 1.16 bits per heavy atom. The minimum Gasteiger partial charge on any atom is -0.482 e. The van der Waals surface area contributed by atoms with Crippen LogP contribution in [0.5, 0.6) is 5.75 Å². The summed E-state index contributed by atoms with van der Waals surface area (Å²) in [6, 6.07) is 12.5. The molecule has 0 bridgehead atoms. The van der Waals surface area contributed by atoms with Gasteiger partial charge in [0.1, 0.15) is 23.2 Å². The zero-order valence-electron chi connectivity index (χ0n) is 19.2. The molecule has 1 N–H and O–H groups in total. The number of carbonyl (C=O) groups excluding carboxylic acids is 4. The van der Waals surface area contributed by atoms with Gasteiger partial charge in [-0.1, -0.05) is 46.8 Å². The number of amides is 2. The summed E-state index contributed by atoms with van der Waals surface area (Å²) in [6.45, 7) is 2.75. The van der Waals surface area contributed by atoms with Gasteiger partial charge in [0.2, 0.25) is 5.91 Å². The van der Waals surface area contributed by atoms with E-state index in [2.05, 4.69) is 27.8 Å². The van der Waals surface area contributed by atoms with E-state index in [1.54, 1.807) is 36.4 Å². The number of nitrogens with one attached hydrogen (secondary N) is 1. The van der Waals surface area contributed by atoms with Crippen LogP contribution in [-0.2, 0) is 29.9 Å². The Bertz CT molecular complexity index is 1350. The number of ether oxygens (including phenoxy) is 2. The molecule has 2 aliphatic heterocycles. The topological polar surface area (TPSA) is 143 Å². The maximum atomic E-state index is 12.9. The second kappa shape index (κ2) is 11.1. The standard InChI is InChI=1S/C25H20BrN3O7S/c1-14-13-37(34)24-21(28-20(31)12-35-19-5-3-2-4-16(19)10-27)23(32)29(24)22(14)25(33)36-11-18(30)15-6-8-17(26)9-7-15/h2-9,21-22,24H,1,11-13H2,(H,28,31)/t21?,22?,24-,37?/m0/s1. The molecule has 0 aliphatic carbocycles.